The fourth-order valence-corrected chi connectivity index (χ4v) is 1.45. The van der Waals surface area contributed by atoms with Gasteiger partial charge in [0.15, 0.2) is 0 Å². The highest BCUT2D eigenvalue weighted by molar-refractivity contribution is 7.79. The van der Waals surface area contributed by atoms with Crippen LogP contribution < -0.4 is 11.5 Å². The summed E-state index contributed by atoms with van der Waals surface area (Å²) in [6.45, 7) is 0. The van der Waals surface area contributed by atoms with Gasteiger partial charge in [0.25, 0.3) is 0 Å². The van der Waals surface area contributed by atoms with E-state index in [9.17, 15) is 0 Å². The first kappa shape index (κ1) is 15.0. The second kappa shape index (κ2) is 6.19. The van der Waals surface area contributed by atoms with Crippen molar-refractivity contribution in [3.05, 3.63) is 48.5 Å². The molecule has 0 spiro atoms. The van der Waals surface area contributed by atoms with E-state index in [-0.39, 0.29) is 0 Å². The standard InChI is InChI=1S/C12H12N2.H2O4S/c13-11-8-4-7-10(12(11)14)9-5-2-1-3-6-9;1-5(2,3)4/h1-8H,13-14H2;(H2,1,2,3,4). The molecule has 0 saturated carbocycles. The SMILES string of the molecule is Nc1cccc(-c2ccccc2)c1N.O=S(=O)(O)O. The van der Waals surface area contributed by atoms with Gasteiger partial charge in [-0.2, -0.15) is 8.42 Å². The molecule has 6 N–H and O–H groups in total. The zero-order chi connectivity index (χ0) is 14.5. The summed E-state index contributed by atoms with van der Waals surface area (Å²) in [6.07, 6.45) is 0. The van der Waals surface area contributed by atoms with E-state index in [4.69, 9.17) is 29.0 Å². The average Bonchev–Trinajstić information content (AvgIpc) is 2.32. The number of nitrogens with two attached hydrogens (primary N) is 2. The first-order chi connectivity index (χ1) is 8.79. The van der Waals surface area contributed by atoms with E-state index in [0.29, 0.717) is 11.4 Å². The third-order valence-corrected chi connectivity index (χ3v) is 2.22. The highest BCUT2D eigenvalue weighted by Gasteiger charge is 2.03. The Bertz CT molecular complexity index is 634. The van der Waals surface area contributed by atoms with Gasteiger partial charge in [0.1, 0.15) is 0 Å². The van der Waals surface area contributed by atoms with Gasteiger partial charge >= 0.3 is 10.4 Å². The maximum atomic E-state index is 8.74. The molecule has 0 amide bonds. The Balaban J connectivity index is 0.000000312. The van der Waals surface area contributed by atoms with Crippen molar-refractivity contribution < 1.29 is 17.5 Å². The number of nitrogen functional groups attached to an aromatic ring is 2. The van der Waals surface area contributed by atoms with Crippen LogP contribution in [0.3, 0.4) is 0 Å². The Kier molecular flexibility index (Phi) is 4.87. The molecule has 0 unspecified atom stereocenters. The lowest BCUT2D eigenvalue weighted by Crippen LogP contribution is -1.96. The Morgan fingerprint density at radius 2 is 1.37 bits per heavy atom. The number of hydrogen-bond acceptors (Lipinski definition) is 4. The molecule has 0 radical (unpaired) electrons. The second-order valence-corrected chi connectivity index (χ2v) is 4.52. The molecule has 2 rings (SSSR count). The molecule has 6 nitrogen and oxygen atoms in total. The molecule has 0 saturated heterocycles. The van der Waals surface area contributed by atoms with Gasteiger partial charge < -0.3 is 11.5 Å². The number of anilines is 2. The van der Waals surface area contributed by atoms with Crippen LogP contribution in [0.5, 0.6) is 0 Å². The van der Waals surface area contributed by atoms with Crippen LogP contribution in [-0.2, 0) is 10.4 Å². The van der Waals surface area contributed by atoms with Crippen molar-refractivity contribution in [3.8, 4) is 11.1 Å². The van der Waals surface area contributed by atoms with Gasteiger partial charge in [-0.1, -0.05) is 42.5 Å². The fourth-order valence-electron chi connectivity index (χ4n) is 1.45. The lowest BCUT2D eigenvalue weighted by Gasteiger charge is -2.07. The third-order valence-electron chi connectivity index (χ3n) is 2.22. The first-order valence-corrected chi connectivity index (χ1v) is 6.58. The highest BCUT2D eigenvalue weighted by Crippen LogP contribution is 2.29. The van der Waals surface area contributed by atoms with E-state index in [0.717, 1.165) is 11.1 Å². The minimum Gasteiger partial charge on any atom is -0.397 e. The Labute approximate surface area is 111 Å². The van der Waals surface area contributed by atoms with Gasteiger partial charge in [-0.05, 0) is 11.6 Å². The van der Waals surface area contributed by atoms with Gasteiger partial charge in [-0.15, -0.1) is 0 Å². The van der Waals surface area contributed by atoms with Crippen molar-refractivity contribution in [2.24, 2.45) is 0 Å². The predicted molar refractivity (Wildman–Crippen MR) is 74.9 cm³/mol. The summed E-state index contributed by atoms with van der Waals surface area (Å²) < 4.78 is 31.6. The minimum absolute atomic E-state index is 0.631. The van der Waals surface area contributed by atoms with Crippen LogP contribution >= 0.6 is 0 Å². The van der Waals surface area contributed by atoms with Crippen LogP contribution in [0.2, 0.25) is 0 Å². The lowest BCUT2D eigenvalue weighted by molar-refractivity contribution is 0.381. The van der Waals surface area contributed by atoms with E-state index in [1.165, 1.54) is 0 Å². The molecule has 0 atom stereocenters. The molecule has 0 aromatic heterocycles. The van der Waals surface area contributed by atoms with Crippen molar-refractivity contribution in [2.45, 2.75) is 0 Å². The van der Waals surface area contributed by atoms with E-state index >= 15 is 0 Å². The molecule has 0 fully saturated rings. The number of benzene rings is 2. The van der Waals surface area contributed by atoms with Gasteiger partial charge in [0.2, 0.25) is 0 Å². The first-order valence-electron chi connectivity index (χ1n) is 5.18. The summed E-state index contributed by atoms with van der Waals surface area (Å²) in [7, 11) is -4.67. The Morgan fingerprint density at radius 3 is 1.89 bits per heavy atom. The molecule has 0 aliphatic rings. The van der Waals surface area contributed by atoms with Gasteiger partial charge in [-0.25, -0.2) is 0 Å². The molecule has 7 heteroatoms. The number of para-hydroxylation sites is 1. The quantitative estimate of drug-likeness (QED) is 0.467. The summed E-state index contributed by atoms with van der Waals surface area (Å²) in [5.41, 5.74) is 15.0. The molecule has 0 aliphatic heterocycles. The van der Waals surface area contributed by atoms with Crippen LogP contribution in [0, 0.1) is 0 Å². The zero-order valence-electron chi connectivity index (χ0n) is 9.89. The van der Waals surface area contributed by atoms with E-state index in [1.54, 1.807) is 0 Å². The topological polar surface area (TPSA) is 127 Å². The van der Waals surface area contributed by atoms with Crippen molar-refractivity contribution >= 4 is 21.8 Å². The number of rotatable bonds is 1. The number of hydrogen-bond donors (Lipinski definition) is 4. The Morgan fingerprint density at radius 1 is 0.842 bits per heavy atom. The van der Waals surface area contributed by atoms with E-state index in [1.807, 2.05) is 48.5 Å². The van der Waals surface area contributed by atoms with Crippen LogP contribution in [0.4, 0.5) is 11.4 Å². The maximum Gasteiger partial charge on any atom is 0.394 e. The smallest absolute Gasteiger partial charge is 0.394 e. The summed E-state index contributed by atoms with van der Waals surface area (Å²) in [5.74, 6) is 0. The van der Waals surface area contributed by atoms with Gasteiger partial charge in [-0.3, -0.25) is 9.11 Å². The molecule has 0 bridgehead atoms. The predicted octanol–water partition coefficient (Wildman–Crippen LogP) is 1.87. The maximum absolute atomic E-state index is 8.74. The van der Waals surface area contributed by atoms with Crippen molar-refractivity contribution in [1.82, 2.24) is 0 Å². The summed E-state index contributed by atoms with van der Waals surface area (Å²) >= 11 is 0. The monoisotopic (exact) mass is 282 g/mol. The summed E-state index contributed by atoms with van der Waals surface area (Å²) in [5, 5.41) is 0. The summed E-state index contributed by atoms with van der Waals surface area (Å²) in [6, 6.07) is 15.7. The lowest BCUT2D eigenvalue weighted by atomic mass is 10.0. The van der Waals surface area contributed by atoms with Crippen LogP contribution in [0.1, 0.15) is 0 Å². The van der Waals surface area contributed by atoms with Crippen molar-refractivity contribution in [1.29, 1.82) is 0 Å². The van der Waals surface area contributed by atoms with Crippen LogP contribution in [0.25, 0.3) is 11.1 Å². The highest BCUT2D eigenvalue weighted by atomic mass is 32.3. The second-order valence-electron chi connectivity index (χ2n) is 3.62. The molecular weight excluding hydrogens is 268 g/mol. The average molecular weight is 282 g/mol. The molecule has 102 valence electrons. The van der Waals surface area contributed by atoms with Gasteiger partial charge in [0, 0.05) is 5.56 Å². The Hall–Kier alpha value is -2.09. The molecular formula is C12H14N2O4S. The van der Waals surface area contributed by atoms with E-state index < -0.39 is 10.4 Å². The van der Waals surface area contributed by atoms with Gasteiger partial charge in [0.05, 0.1) is 11.4 Å². The van der Waals surface area contributed by atoms with Crippen LogP contribution in [0.15, 0.2) is 48.5 Å². The van der Waals surface area contributed by atoms with Crippen LogP contribution in [-0.4, -0.2) is 17.5 Å². The van der Waals surface area contributed by atoms with E-state index in [2.05, 4.69) is 0 Å². The largest absolute Gasteiger partial charge is 0.397 e. The summed E-state index contributed by atoms with van der Waals surface area (Å²) in [4.78, 5) is 0. The molecule has 19 heavy (non-hydrogen) atoms. The normalized spacial score (nSPS) is 10.4. The molecule has 2 aromatic carbocycles. The fraction of sp³-hybridized carbons (Fsp3) is 0. The van der Waals surface area contributed by atoms with Crippen molar-refractivity contribution in [3.63, 3.8) is 0 Å². The van der Waals surface area contributed by atoms with Crippen molar-refractivity contribution in [2.75, 3.05) is 11.5 Å². The third kappa shape index (κ3) is 5.38. The molecule has 0 aliphatic carbocycles. The zero-order valence-corrected chi connectivity index (χ0v) is 10.7. The molecule has 2 aromatic rings. The minimum atomic E-state index is -4.67. The molecule has 0 heterocycles.